The molecule has 0 heterocycles. The van der Waals surface area contributed by atoms with Crippen LogP contribution in [0.4, 0.5) is 0 Å². The second kappa shape index (κ2) is 6.75. The monoisotopic (exact) mass is 192 g/mol. The predicted octanol–water partition coefficient (Wildman–Crippen LogP) is 3.95. The van der Waals surface area contributed by atoms with Crippen molar-refractivity contribution in [3.63, 3.8) is 0 Å². The smallest absolute Gasteiger partial charge is 0.0418 e. The fourth-order valence-corrected chi connectivity index (χ4v) is 1.46. The van der Waals surface area contributed by atoms with Gasteiger partial charge in [-0.2, -0.15) is 0 Å². The summed E-state index contributed by atoms with van der Waals surface area (Å²) in [6, 6.07) is 0. The van der Waals surface area contributed by atoms with Gasteiger partial charge in [-0.05, 0) is 19.3 Å². The van der Waals surface area contributed by atoms with Gasteiger partial charge in [-0.25, -0.2) is 0 Å². The van der Waals surface area contributed by atoms with Crippen LogP contribution in [0.1, 0.15) is 20.3 Å². The second-order valence-electron chi connectivity index (χ2n) is 2.51. The van der Waals surface area contributed by atoms with E-state index in [0.717, 1.165) is 11.5 Å². The molecule has 2 heteroatoms. The van der Waals surface area contributed by atoms with Crippen molar-refractivity contribution in [3.05, 3.63) is 23.3 Å². The third-order valence-corrected chi connectivity index (χ3v) is 1.80. The van der Waals surface area contributed by atoms with Gasteiger partial charge >= 0.3 is 0 Å². The Morgan fingerprint density at radius 3 is 2.64 bits per heavy atom. The first-order valence-corrected chi connectivity index (χ1v) is 4.65. The summed E-state index contributed by atoms with van der Waals surface area (Å²) in [6.07, 6.45) is 6.89. The number of alkyl halides is 1. The summed E-state index contributed by atoms with van der Waals surface area (Å²) in [4.78, 5) is 0. The highest BCUT2D eigenvalue weighted by Crippen LogP contribution is 2.15. The molecule has 0 saturated carbocycles. The molecule has 0 aromatic rings. The standard InChI is InChI=1S/C9H14Cl2/c1-3-4-8(2)7-9(11)5-6-10/h3-5,8H,6-7H2,1-2H3. The van der Waals surface area contributed by atoms with Crippen LogP contribution < -0.4 is 0 Å². The van der Waals surface area contributed by atoms with Crippen LogP contribution in [0.25, 0.3) is 0 Å². The van der Waals surface area contributed by atoms with Crippen LogP contribution in [-0.4, -0.2) is 5.88 Å². The van der Waals surface area contributed by atoms with E-state index in [1.54, 1.807) is 0 Å². The maximum atomic E-state index is 5.85. The van der Waals surface area contributed by atoms with E-state index < -0.39 is 0 Å². The summed E-state index contributed by atoms with van der Waals surface area (Å²) in [6.45, 7) is 4.14. The Bertz CT molecular complexity index is 148. The molecular weight excluding hydrogens is 179 g/mol. The van der Waals surface area contributed by atoms with Crippen LogP contribution in [-0.2, 0) is 0 Å². The zero-order valence-corrected chi connectivity index (χ0v) is 8.49. The number of allylic oxidation sites excluding steroid dienone is 4. The van der Waals surface area contributed by atoms with Crippen LogP contribution >= 0.6 is 23.2 Å². The lowest BCUT2D eigenvalue weighted by Crippen LogP contribution is -1.88. The highest BCUT2D eigenvalue weighted by Gasteiger charge is 1.98. The largest absolute Gasteiger partial charge is 0.122 e. The molecule has 0 radical (unpaired) electrons. The molecule has 1 unspecified atom stereocenters. The molecule has 0 aliphatic carbocycles. The number of hydrogen-bond donors (Lipinski definition) is 0. The molecule has 0 aliphatic rings. The van der Waals surface area contributed by atoms with Crippen LogP contribution in [0.15, 0.2) is 23.3 Å². The molecule has 64 valence electrons. The van der Waals surface area contributed by atoms with Crippen molar-refractivity contribution < 1.29 is 0 Å². The quantitative estimate of drug-likeness (QED) is 0.468. The second-order valence-corrected chi connectivity index (χ2v) is 3.31. The molecular formula is C9H14Cl2. The third-order valence-electron chi connectivity index (χ3n) is 1.34. The summed E-state index contributed by atoms with van der Waals surface area (Å²) in [5, 5.41) is 0.852. The van der Waals surface area contributed by atoms with E-state index in [-0.39, 0.29) is 0 Å². The van der Waals surface area contributed by atoms with Crippen molar-refractivity contribution in [2.24, 2.45) is 5.92 Å². The Morgan fingerprint density at radius 1 is 1.55 bits per heavy atom. The van der Waals surface area contributed by atoms with Gasteiger partial charge in [-0.3, -0.25) is 0 Å². The predicted molar refractivity (Wildman–Crippen MR) is 53.3 cm³/mol. The van der Waals surface area contributed by atoms with Crippen LogP contribution in [0, 0.1) is 5.92 Å². The van der Waals surface area contributed by atoms with Crippen molar-refractivity contribution >= 4 is 23.2 Å². The molecule has 0 spiro atoms. The first-order valence-electron chi connectivity index (χ1n) is 3.74. The summed E-state index contributed by atoms with van der Waals surface area (Å²) in [5.41, 5.74) is 0. The fraction of sp³-hybridized carbons (Fsp3) is 0.556. The van der Waals surface area contributed by atoms with Crippen molar-refractivity contribution in [3.8, 4) is 0 Å². The SMILES string of the molecule is CC=CC(C)CC(Cl)=CCCl. The molecule has 11 heavy (non-hydrogen) atoms. The van der Waals surface area contributed by atoms with Gasteiger partial charge in [0.2, 0.25) is 0 Å². The third kappa shape index (κ3) is 6.46. The van der Waals surface area contributed by atoms with E-state index in [2.05, 4.69) is 13.0 Å². The van der Waals surface area contributed by atoms with Crippen molar-refractivity contribution in [1.29, 1.82) is 0 Å². The van der Waals surface area contributed by atoms with Crippen molar-refractivity contribution in [2.75, 3.05) is 5.88 Å². The van der Waals surface area contributed by atoms with Crippen molar-refractivity contribution in [1.82, 2.24) is 0 Å². The molecule has 0 fully saturated rings. The van der Waals surface area contributed by atoms with Gasteiger partial charge < -0.3 is 0 Å². The Morgan fingerprint density at radius 2 is 2.18 bits per heavy atom. The lowest BCUT2D eigenvalue weighted by molar-refractivity contribution is 0.734. The normalized spacial score (nSPS) is 15.8. The highest BCUT2D eigenvalue weighted by molar-refractivity contribution is 6.30. The molecule has 1 atom stereocenters. The molecule has 0 aliphatic heterocycles. The van der Waals surface area contributed by atoms with E-state index in [4.69, 9.17) is 23.2 Å². The molecule has 0 N–H and O–H groups in total. The average Bonchev–Trinajstić information content (AvgIpc) is 1.87. The summed E-state index contributed by atoms with van der Waals surface area (Å²) in [7, 11) is 0. The minimum absolute atomic E-state index is 0.501. The van der Waals surface area contributed by atoms with Gasteiger partial charge in [-0.15, -0.1) is 11.6 Å². The van der Waals surface area contributed by atoms with E-state index in [9.17, 15) is 0 Å². The number of halogens is 2. The average molecular weight is 193 g/mol. The first kappa shape index (κ1) is 11.1. The molecule has 0 aromatic heterocycles. The Balaban J connectivity index is 3.74. The maximum absolute atomic E-state index is 5.85. The van der Waals surface area contributed by atoms with Gasteiger partial charge in [0.25, 0.3) is 0 Å². The molecule has 0 amide bonds. The topological polar surface area (TPSA) is 0 Å². The fourth-order valence-electron chi connectivity index (χ4n) is 0.871. The molecule has 0 nitrogen and oxygen atoms in total. The maximum Gasteiger partial charge on any atom is 0.0418 e. The molecule has 0 saturated heterocycles. The molecule has 0 aromatic carbocycles. The van der Waals surface area contributed by atoms with E-state index in [1.807, 2.05) is 19.1 Å². The van der Waals surface area contributed by atoms with Crippen LogP contribution in [0.5, 0.6) is 0 Å². The van der Waals surface area contributed by atoms with E-state index in [0.29, 0.717) is 11.8 Å². The Hall–Kier alpha value is 0.0600. The lowest BCUT2D eigenvalue weighted by atomic mass is 10.1. The van der Waals surface area contributed by atoms with Gasteiger partial charge in [-0.1, -0.05) is 36.8 Å². The van der Waals surface area contributed by atoms with E-state index in [1.165, 1.54) is 0 Å². The van der Waals surface area contributed by atoms with Gasteiger partial charge in [0.15, 0.2) is 0 Å². The van der Waals surface area contributed by atoms with Gasteiger partial charge in [0.1, 0.15) is 0 Å². The minimum Gasteiger partial charge on any atom is -0.122 e. The summed E-state index contributed by atoms with van der Waals surface area (Å²) < 4.78 is 0. The number of rotatable bonds is 4. The molecule has 0 bridgehead atoms. The zero-order chi connectivity index (χ0) is 8.69. The number of hydrogen-bond acceptors (Lipinski definition) is 0. The van der Waals surface area contributed by atoms with Gasteiger partial charge in [0.05, 0.1) is 0 Å². The lowest BCUT2D eigenvalue weighted by Gasteiger charge is -2.03. The highest BCUT2D eigenvalue weighted by atomic mass is 35.5. The zero-order valence-electron chi connectivity index (χ0n) is 6.98. The Kier molecular flexibility index (Phi) is 6.79. The first-order chi connectivity index (χ1) is 5.20. The van der Waals surface area contributed by atoms with Crippen LogP contribution in [0.3, 0.4) is 0 Å². The summed E-state index contributed by atoms with van der Waals surface area (Å²) >= 11 is 11.3. The van der Waals surface area contributed by atoms with E-state index >= 15 is 0 Å². The summed E-state index contributed by atoms with van der Waals surface area (Å²) in [5.74, 6) is 1.01. The van der Waals surface area contributed by atoms with Gasteiger partial charge in [0, 0.05) is 10.9 Å². The minimum atomic E-state index is 0.501. The molecule has 0 rings (SSSR count). The Labute approximate surface area is 78.9 Å². The van der Waals surface area contributed by atoms with Crippen LogP contribution in [0.2, 0.25) is 0 Å². The van der Waals surface area contributed by atoms with Crippen molar-refractivity contribution in [2.45, 2.75) is 20.3 Å².